The summed E-state index contributed by atoms with van der Waals surface area (Å²) in [6.45, 7) is 4.64. The predicted octanol–water partition coefficient (Wildman–Crippen LogP) is 2.73. The lowest BCUT2D eigenvalue weighted by Gasteiger charge is -2.35. The number of halogens is 1. The monoisotopic (exact) mass is 602 g/mol. The molecule has 0 aromatic carbocycles. The Bertz CT molecular complexity index is 1900. The van der Waals surface area contributed by atoms with Crippen LogP contribution >= 0.6 is 0 Å². The number of hydrogen-bond acceptors (Lipinski definition) is 9. The molecule has 0 unspecified atom stereocenters. The minimum Gasteiger partial charge on any atom is -0.353 e. The van der Waals surface area contributed by atoms with E-state index in [0.29, 0.717) is 52.8 Å². The molecule has 4 aromatic rings. The molecule has 2 N–H and O–H groups in total. The smallest absolute Gasteiger partial charge is 0.270 e. The summed E-state index contributed by atoms with van der Waals surface area (Å²) in [5, 5.41) is 7.19. The van der Waals surface area contributed by atoms with Crippen LogP contribution in [0.3, 0.4) is 0 Å². The first kappa shape index (κ1) is 27.6. The maximum atomic E-state index is 14.8. The standard InChI is InChI=1S/C30H31FN8O3S/c1-18-22-5-9-39(43(2,41)42)27(22)14-26(35-18)29(40)33-16-21-13-24-19(15-32-21)3-4-23(36-24)25-11-20(31)12-28(37-25)38-10-8-34-30(17-38)6-7-30/h3-4,11-15,34H,5-10,16-17H2,1-2H3,(H,33,40). The predicted molar refractivity (Wildman–Crippen MR) is 161 cm³/mol. The minimum absolute atomic E-state index is 0.112. The second-order valence-corrected chi connectivity index (χ2v) is 13.5. The first-order chi connectivity index (χ1) is 20.6. The molecule has 1 spiro atoms. The maximum Gasteiger partial charge on any atom is 0.270 e. The Hall–Kier alpha value is -4.23. The minimum atomic E-state index is -3.46. The lowest BCUT2D eigenvalue weighted by Crippen LogP contribution is -2.52. The fourth-order valence-electron chi connectivity index (χ4n) is 5.98. The van der Waals surface area contributed by atoms with Gasteiger partial charge in [-0.2, -0.15) is 0 Å². The number of fused-ring (bicyclic) bond motifs is 2. The Kier molecular flexibility index (Phi) is 6.54. The molecule has 4 aromatic heterocycles. The molecule has 2 aliphatic heterocycles. The Labute approximate surface area is 248 Å². The van der Waals surface area contributed by atoms with Crippen LogP contribution in [-0.4, -0.2) is 72.2 Å². The number of aryl methyl sites for hydroxylation is 1. The number of piperazine rings is 1. The highest BCUT2D eigenvalue weighted by atomic mass is 32.2. The van der Waals surface area contributed by atoms with Crippen LogP contribution in [0.25, 0.3) is 22.3 Å². The second kappa shape index (κ2) is 10.2. The van der Waals surface area contributed by atoms with Gasteiger partial charge >= 0.3 is 0 Å². The van der Waals surface area contributed by atoms with E-state index in [-0.39, 0.29) is 23.6 Å². The number of sulfonamides is 1. The van der Waals surface area contributed by atoms with Crippen molar-refractivity contribution in [3.05, 3.63) is 71.1 Å². The summed E-state index contributed by atoms with van der Waals surface area (Å²) in [5.74, 6) is -0.191. The zero-order chi connectivity index (χ0) is 29.9. The number of anilines is 2. The number of pyridine rings is 4. The van der Waals surface area contributed by atoms with Crippen molar-refractivity contribution in [1.29, 1.82) is 0 Å². The number of nitrogens with zero attached hydrogens (tertiary/aromatic N) is 6. The molecule has 1 saturated heterocycles. The molecule has 11 nitrogen and oxygen atoms in total. The van der Waals surface area contributed by atoms with Crippen LogP contribution in [0, 0.1) is 12.7 Å². The molecule has 43 heavy (non-hydrogen) atoms. The van der Waals surface area contributed by atoms with Gasteiger partial charge in [0.05, 0.1) is 41.1 Å². The van der Waals surface area contributed by atoms with Crippen molar-refractivity contribution in [2.75, 3.05) is 41.6 Å². The highest BCUT2D eigenvalue weighted by Gasteiger charge is 2.45. The van der Waals surface area contributed by atoms with Gasteiger partial charge in [-0.3, -0.25) is 14.1 Å². The van der Waals surface area contributed by atoms with Gasteiger partial charge in [-0.1, -0.05) is 0 Å². The van der Waals surface area contributed by atoms with Gasteiger partial charge in [-0.05, 0) is 56.0 Å². The summed E-state index contributed by atoms with van der Waals surface area (Å²) >= 11 is 0. The summed E-state index contributed by atoms with van der Waals surface area (Å²) in [5.41, 5.74) is 4.44. The van der Waals surface area contributed by atoms with Crippen molar-refractivity contribution < 1.29 is 17.6 Å². The lowest BCUT2D eigenvalue weighted by molar-refractivity contribution is 0.0945. The van der Waals surface area contributed by atoms with E-state index in [1.54, 1.807) is 25.3 Å². The third kappa shape index (κ3) is 5.38. The molecule has 2 fully saturated rings. The van der Waals surface area contributed by atoms with E-state index in [4.69, 9.17) is 9.97 Å². The molecule has 1 saturated carbocycles. The largest absolute Gasteiger partial charge is 0.353 e. The molecule has 222 valence electrons. The van der Waals surface area contributed by atoms with Gasteiger partial charge < -0.3 is 15.5 Å². The fraction of sp³-hybridized carbons (Fsp3) is 0.367. The van der Waals surface area contributed by atoms with Crippen molar-refractivity contribution >= 4 is 38.3 Å². The van der Waals surface area contributed by atoms with E-state index in [1.807, 2.05) is 6.07 Å². The zero-order valence-corrected chi connectivity index (χ0v) is 24.7. The molecular weight excluding hydrogens is 571 g/mol. The normalized spacial score (nSPS) is 17.4. The maximum absolute atomic E-state index is 14.8. The van der Waals surface area contributed by atoms with Crippen LogP contribution in [-0.2, 0) is 23.0 Å². The Morgan fingerprint density at radius 1 is 1.09 bits per heavy atom. The van der Waals surface area contributed by atoms with E-state index in [0.717, 1.165) is 49.7 Å². The van der Waals surface area contributed by atoms with Gasteiger partial charge in [0.2, 0.25) is 10.0 Å². The van der Waals surface area contributed by atoms with Crippen LogP contribution in [0.15, 0.2) is 42.6 Å². The topological polar surface area (TPSA) is 133 Å². The summed E-state index contributed by atoms with van der Waals surface area (Å²) in [6, 6.07) is 9.85. The molecule has 0 atom stereocenters. The van der Waals surface area contributed by atoms with Crippen molar-refractivity contribution in [1.82, 2.24) is 30.6 Å². The third-order valence-electron chi connectivity index (χ3n) is 8.43. The molecule has 7 rings (SSSR count). The Morgan fingerprint density at radius 3 is 2.72 bits per heavy atom. The molecule has 3 aliphatic rings. The molecule has 1 amide bonds. The van der Waals surface area contributed by atoms with Crippen molar-refractivity contribution in [2.24, 2.45) is 0 Å². The molecule has 0 radical (unpaired) electrons. The van der Waals surface area contributed by atoms with Crippen LogP contribution in [0.5, 0.6) is 0 Å². The quantitative estimate of drug-likeness (QED) is 0.342. The summed E-state index contributed by atoms with van der Waals surface area (Å²) in [7, 11) is -3.46. The number of nitrogens with one attached hydrogen (secondary N) is 2. The van der Waals surface area contributed by atoms with Crippen molar-refractivity contribution in [3.8, 4) is 11.4 Å². The van der Waals surface area contributed by atoms with Gasteiger partial charge in [0.1, 0.15) is 17.3 Å². The first-order valence-electron chi connectivity index (χ1n) is 14.3. The van der Waals surface area contributed by atoms with Crippen molar-refractivity contribution in [3.63, 3.8) is 0 Å². The average Bonchev–Trinajstić information content (AvgIpc) is 3.55. The molecule has 1 aliphatic carbocycles. The number of hydrogen-bond donors (Lipinski definition) is 2. The van der Waals surface area contributed by atoms with E-state index < -0.39 is 15.9 Å². The van der Waals surface area contributed by atoms with Gasteiger partial charge in [0.25, 0.3) is 5.91 Å². The van der Waals surface area contributed by atoms with E-state index in [9.17, 15) is 17.6 Å². The molecule has 6 heterocycles. The molecule has 13 heteroatoms. The molecular formula is C30H31FN8O3S. The third-order valence-corrected chi connectivity index (χ3v) is 9.61. The lowest BCUT2D eigenvalue weighted by atomic mass is 10.1. The van der Waals surface area contributed by atoms with Gasteiger partial charge in [0, 0.05) is 61.1 Å². The van der Waals surface area contributed by atoms with E-state index in [1.165, 1.54) is 22.5 Å². The average molecular weight is 603 g/mol. The number of aromatic nitrogens is 4. The number of rotatable bonds is 6. The summed E-state index contributed by atoms with van der Waals surface area (Å²) in [6.07, 6.45) is 5.64. The number of amides is 1. The van der Waals surface area contributed by atoms with E-state index in [2.05, 4.69) is 25.5 Å². The highest BCUT2D eigenvalue weighted by molar-refractivity contribution is 7.92. The van der Waals surface area contributed by atoms with Crippen LogP contribution in [0.2, 0.25) is 0 Å². The highest BCUT2D eigenvalue weighted by Crippen LogP contribution is 2.39. The van der Waals surface area contributed by atoms with Crippen LogP contribution in [0.4, 0.5) is 15.9 Å². The van der Waals surface area contributed by atoms with E-state index >= 15 is 0 Å². The van der Waals surface area contributed by atoms with Gasteiger partial charge in [-0.25, -0.2) is 27.8 Å². The summed E-state index contributed by atoms with van der Waals surface area (Å²) in [4.78, 5) is 33.6. The van der Waals surface area contributed by atoms with Crippen LogP contribution in [0.1, 0.15) is 40.3 Å². The van der Waals surface area contributed by atoms with Gasteiger partial charge in [-0.15, -0.1) is 0 Å². The number of carbonyl (C=O) groups is 1. The van der Waals surface area contributed by atoms with Crippen LogP contribution < -0.4 is 19.8 Å². The zero-order valence-electron chi connectivity index (χ0n) is 23.9. The Balaban J connectivity index is 1.10. The second-order valence-electron chi connectivity index (χ2n) is 11.6. The Morgan fingerprint density at radius 2 is 1.93 bits per heavy atom. The fourth-order valence-corrected chi connectivity index (χ4v) is 6.92. The van der Waals surface area contributed by atoms with Gasteiger partial charge in [0.15, 0.2) is 0 Å². The molecule has 0 bridgehead atoms. The number of carbonyl (C=O) groups excluding carboxylic acids is 1. The SMILES string of the molecule is Cc1nc(C(=O)NCc2cc3nc(-c4cc(F)cc(N5CCNC6(CC6)C5)n4)ccc3cn2)cc2c1CCN2S(C)(=O)=O. The summed E-state index contributed by atoms with van der Waals surface area (Å²) < 4.78 is 40.5. The van der Waals surface area contributed by atoms with Crippen molar-refractivity contribution in [2.45, 2.75) is 38.3 Å². The first-order valence-corrected chi connectivity index (χ1v) is 16.1.